The predicted octanol–water partition coefficient (Wildman–Crippen LogP) is 3.69. The molecule has 0 aromatic heterocycles. The van der Waals surface area contributed by atoms with Gasteiger partial charge in [-0.3, -0.25) is 4.79 Å². The van der Waals surface area contributed by atoms with Crippen molar-refractivity contribution in [3.05, 3.63) is 34.9 Å². The second kappa shape index (κ2) is 6.26. The molecule has 0 saturated carbocycles. The molecule has 0 aliphatic carbocycles. The van der Waals surface area contributed by atoms with E-state index in [-0.39, 0.29) is 17.7 Å². The molecule has 0 N–H and O–H groups in total. The number of rotatable bonds is 4. The molecule has 1 aromatic carbocycles. The topological polar surface area (TPSA) is 43.4 Å². The van der Waals surface area contributed by atoms with Crippen LogP contribution in [0.1, 0.15) is 40.1 Å². The van der Waals surface area contributed by atoms with Crippen molar-refractivity contribution in [2.75, 3.05) is 6.61 Å². The van der Waals surface area contributed by atoms with Crippen LogP contribution in [-0.2, 0) is 10.9 Å². The van der Waals surface area contributed by atoms with Gasteiger partial charge < -0.3 is 4.74 Å². The summed E-state index contributed by atoms with van der Waals surface area (Å²) in [5.41, 5.74) is -1.70. The summed E-state index contributed by atoms with van der Waals surface area (Å²) in [5, 5.41) is -0.992. The number of Topliss-reactive ketones (excluding diaryl/α,β-unsaturated/α-hetero) is 1. The van der Waals surface area contributed by atoms with Crippen LogP contribution in [0, 0.1) is 0 Å². The molecule has 3 nitrogen and oxygen atoms in total. The zero-order chi connectivity index (χ0) is 15.5. The number of ketones is 1. The maximum atomic E-state index is 12.8. The first-order valence-electron chi connectivity index (χ1n) is 5.74. The smallest absolute Gasteiger partial charge is 0.416 e. The normalized spacial score (nSPS) is 12.9. The minimum atomic E-state index is -4.67. The number of carbonyl (C=O) groups is 2. The lowest BCUT2D eigenvalue weighted by Gasteiger charge is -2.12. The lowest BCUT2D eigenvalue weighted by molar-refractivity contribution is -0.137. The maximum absolute atomic E-state index is 12.8. The highest BCUT2D eigenvalue weighted by atomic mass is 35.5. The van der Waals surface area contributed by atoms with Crippen molar-refractivity contribution in [1.29, 1.82) is 0 Å². The van der Waals surface area contributed by atoms with E-state index in [0.29, 0.717) is 12.1 Å². The van der Waals surface area contributed by atoms with Gasteiger partial charge in [0.1, 0.15) is 0 Å². The van der Waals surface area contributed by atoms with E-state index in [1.807, 2.05) is 0 Å². The van der Waals surface area contributed by atoms with E-state index in [1.54, 1.807) is 0 Å². The molecule has 110 valence electrons. The third-order valence-electron chi connectivity index (χ3n) is 2.42. The lowest BCUT2D eigenvalue weighted by atomic mass is 10.0. The van der Waals surface area contributed by atoms with E-state index in [4.69, 9.17) is 11.6 Å². The number of benzene rings is 1. The Morgan fingerprint density at radius 2 is 1.80 bits per heavy atom. The molecule has 7 heteroatoms. The monoisotopic (exact) mass is 308 g/mol. The van der Waals surface area contributed by atoms with Gasteiger partial charge in [-0.05, 0) is 32.0 Å². The largest absolute Gasteiger partial charge is 0.462 e. The van der Waals surface area contributed by atoms with Crippen LogP contribution in [0.3, 0.4) is 0 Å². The summed E-state index contributed by atoms with van der Waals surface area (Å²) < 4.78 is 42.9. The Balaban J connectivity index is 3.36. The van der Waals surface area contributed by atoms with Crippen LogP contribution in [0.4, 0.5) is 13.2 Å². The van der Waals surface area contributed by atoms with E-state index < -0.39 is 28.9 Å². The Hall–Kier alpha value is -1.56. The minimum absolute atomic E-state index is 0.0181. The van der Waals surface area contributed by atoms with Crippen molar-refractivity contribution in [2.24, 2.45) is 0 Å². The number of esters is 1. The molecule has 0 amide bonds. The fourth-order valence-electron chi connectivity index (χ4n) is 1.50. The third kappa shape index (κ3) is 3.96. The number of carbonyl (C=O) groups excluding carboxylic acids is 2. The molecule has 1 aromatic rings. The first-order chi connectivity index (χ1) is 9.16. The molecular formula is C13H12ClF3O3. The van der Waals surface area contributed by atoms with Gasteiger partial charge in [0.15, 0.2) is 5.78 Å². The highest BCUT2D eigenvalue weighted by Crippen LogP contribution is 2.31. The first kappa shape index (κ1) is 16.5. The molecule has 20 heavy (non-hydrogen) atoms. The Morgan fingerprint density at radius 3 is 2.25 bits per heavy atom. The summed E-state index contributed by atoms with van der Waals surface area (Å²) in [7, 11) is 0. The van der Waals surface area contributed by atoms with Gasteiger partial charge in [-0.1, -0.05) is 0 Å². The van der Waals surface area contributed by atoms with Gasteiger partial charge in [0, 0.05) is 5.56 Å². The second-order valence-corrected chi connectivity index (χ2v) is 4.65. The number of alkyl halides is 4. The number of halogens is 4. The van der Waals surface area contributed by atoms with Gasteiger partial charge in [0.2, 0.25) is 0 Å². The summed E-state index contributed by atoms with van der Waals surface area (Å²) in [6.45, 7) is 2.89. The molecule has 1 unspecified atom stereocenters. The van der Waals surface area contributed by atoms with Crippen molar-refractivity contribution < 1.29 is 27.5 Å². The number of hydrogen-bond acceptors (Lipinski definition) is 3. The van der Waals surface area contributed by atoms with Gasteiger partial charge in [-0.15, -0.1) is 11.6 Å². The van der Waals surface area contributed by atoms with Crippen LogP contribution >= 0.6 is 11.6 Å². The van der Waals surface area contributed by atoms with Crippen molar-refractivity contribution >= 4 is 23.4 Å². The maximum Gasteiger partial charge on any atom is 0.416 e. The van der Waals surface area contributed by atoms with Crippen LogP contribution in [0.2, 0.25) is 0 Å². The van der Waals surface area contributed by atoms with E-state index in [0.717, 1.165) is 6.07 Å². The van der Waals surface area contributed by atoms with Crippen LogP contribution < -0.4 is 0 Å². The fraction of sp³-hybridized carbons (Fsp3) is 0.385. The second-order valence-electron chi connectivity index (χ2n) is 4.00. The summed E-state index contributed by atoms with van der Waals surface area (Å²) in [6, 6.07) is 2.37. The molecular weight excluding hydrogens is 297 g/mol. The van der Waals surface area contributed by atoms with Crippen LogP contribution in [0.5, 0.6) is 0 Å². The molecule has 1 atom stereocenters. The molecule has 0 fully saturated rings. The van der Waals surface area contributed by atoms with Crippen LogP contribution in [0.25, 0.3) is 0 Å². The van der Waals surface area contributed by atoms with Crippen molar-refractivity contribution in [3.8, 4) is 0 Å². The molecule has 0 radical (unpaired) electrons. The summed E-state index contributed by atoms with van der Waals surface area (Å²) in [4.78, 5) is 23.2. The van der Waals surface area contributed by atoms with Gasteiger partial charge in [-0.2, -0.15) is 13.2 Å². The zero-order valence-electron chi connectivity index (χ0n) is 10.8. The van der Waals surface area contributed by atoms with Crippen molar-refractivity contribution in [2.45, 2.75) is 25.4 Å². The quantitative estimate of drug-likeness (QED) is 0.484. The van der Waals surface area contributed by atoms with E-state index >= 15 is 0 Å². The van der Waals surface area contributed by atoms with Crippen LogP contribution in [0.15, 0.2) is 18.2 Å². The molecule has 0 saturated heterocycles. The summed E-state index contributed by atoms with van der Waals surface area (Å²) in [6.07, 6.45) is -4.67. The fourth-order valence-corrected chi connectivity index (χ4v) is 1.62. The average Bonchev–Trinajstić information content (AvgIpc) is 2.36. The molecule has 0 heterocycles. The van der Waals surface area contributed by atoms with E-state index in [1.165, 1.54) is 13.8 Å². The van der Waals surface area contributed by atoms with Crippen molar-refractivity contribution in [1.82, 2.24) is 0 Å². The van der Waals surface area contributed by atoms with Crippen molar-refractivity contribution in [3.63, 3.8) is 0 Å². The molecule has 1 rings (SSSR count). The lowest BCUT2D eigenvalue weighted by Crippen LogP contribution is -2.16. The van der Waals surface area contributed by atoms with Crippen LogP contribution in [-0.4, -0.2) is 23.7 Å². The minimum Gasteiger partial charge on any atom is -0.462 e. The molecule has 0 bridgehead atoms. The first-order valence-corrected chi connectivity index (χ1v) is 6.18. The third-order valence-corrected chi connectivity index (χ3v) is 2.62. The Kier molecular flexibility index (Phi) is 5.16. The van der Waals surface area contributed by atoms with E-state index in [2.05, 4.69) is 4.74 Å². The van der Waals surface area contributed by atoms with Gasteiger partial charge in [0.05, 0.1) is 23.1 Å². The summed E-state index contributed by atoms with van der Waals surface area (Å²) >= 11 is 5.58. The highest BCUT2D eigenvalue weighted by molar-refractivity contribution is 6.33. The number of hydrogen-bond donors (Lipinski definition) is 0. The summed E-state index contributed by atoms with van der Waals surface area (Å²) in [5.74, 6) is -1.61. The molecule has 0 aliphatic heterocycles. The highest BCUT2D eigenvalue weighted by Gasteiger charge is 2.33. The van der Waals surface area contributed by atoms with E-state index in [9.17, 15) is 22.8 Å². The zero-order valence-corrected chi connectivity index (χ0v) is 11.5. The Labute approximate surface area is 118 Å². The Morgan fingerprint density at radius 1 is 1.25 bits per heavy atom. The van der Waals surface area contributed by atoms with Gasteiger partial charge in [-0.25, -0.2) is 4.79 Å². The molecule has 0 aliphatic rings. The predicted molar refractivity (Wildman–Crippen MR) is 67.0 cm³/mol. The van der Waals surface area contributed by atoms with Gasteiger partial charge in [0.25, 0.3) is 0 Å². The average molecular weight is 309 g/mol. The standard InChI is InChI=1S/C13H12ClF3O3/c1-3-20-12(19)9-4-8(11(18)7(2)14)5-10(6-9)13(15,16)17/h4-7H,3H2,1-2H3. The Bertz CT molecular complexity index is 524. The molecule has 0 spiro atoms. The van der Waals surface area contributed by atoms with Gasteiger partial charge >= 0.3 is 12.1 Å². The number of ether oxygens (including phenoxy) is 1. The SMILES string of the molecule is CCOC(=O)c1cc(C(=O)C(C)Cl)cc(C(F)(F)F)c1.